The number of aromatic amines is 1. The van der Waals surface area contributed by atoms with Crippen LogP contribution in [0.5, 0.6) is 11.5 Å². The first-order valence-electron chi connectivity index (χ1n) is 11.8. The molecule has 0 aliphatic carbocycles. The van der Waals surface area contributed by atoms with Gasteiger partial charge in [0.15, 0.2) is 11.5 Å². The first kappa shape index (κ1) is 23.7. The Morgan fingerprint density at radius 1 is 1.06 bits per heavy atom. The molecule has 3 aromatic rings. The summed E-state index contributed by atoms with van der Waals surface area (Å²) in [7, 11) is 3.23. The molecule has 35 heavy (non-hydrogen) atoms. The van der Waals surface area contributed by atoms with Gasteiger partial charge in [0.1, 0.15) is 5.69 Å². The first-order valence-corrected chi connectivity index (χ1v) is 12.2. The third-order valence-electron chi connectivity index (χ3n) is 6.68. The Labute approximate surface area is 209 Å². The van der Waals surface area contributed by atoms with Crippen LogP contribution < -0.4 is 9.47 Å². The Hall–Kier alpha value is -3.07. The van der Waals surface area contributed by atoms with Crippen molar-refractivity contribution in [1.82, 2.24) is 20.0 Å². The second kappa shape index (κ2) is 10.3. The fourth-order valence-electron chi connectivity index (χ4n) is 4.91. The van der Waals surface area contributed by atoms with Gasteiger partial charge in [-0.05, 0) is 36.2 Å². The summed E-state index contributed by atoms with van der Waals surface area (Å²) in [5.41, 5.74) is 4.00. The number of halogens is 1. The molecule has 1 amide bonds. The summed E-state index contributed by atoms with van der Waals surface area (Å²) in [4.78, 5) is 17.9. The minimum atomic E-state index is -0.300. The van der Waals surface area contributed by atoms with Gasteiger partial charge in [0.2, 0.25) is 0 Å². The van der Waals surface area contributed by atoms with E-state index in [1.165, 1.54) is 0 Å². The molecule has 3 heterocycles. The van der Waals surface area contributed by atoms with Crippen LogP contribution in [0.4, 0.5) is 0 Å². The molecule has 5 rings (SSSR count). The quantitative estimate of drug-likeness (QED) is 0.507. The minimum absolute atomic E-state index is 0.0468. The van der Waals surface area contributed by atoms with Gasteiger partial charge in [0.05, 0.1) is 39.2 Å². The average Bonchev–Trinajstić information content (AvgIpc) is 3.44. The monoisotopic (exact) mass is 496 g/mol. The third-order valence-corrected chi connectivity index (χ3v) is 6.93. The Kier molecular flexibility index (Phi) is 6.95. The second-order valence-corrected chi connectivity index (χ2v) is 9.13. The number of ether oxygens (including phenoxy) is 3. The molecule has 2 aromatic carbocycles. The number of rotatable bonds is 8. The van der Waals surface area contributed by atoms with E-state index in [0.717, 1.165) is 61.7 Å². The van der Waals surface area contributed by atoms with Crippen molar-refractivity contribution < 1.29 is 19.0 Å². The molecule has 184 valence electrons. The fourth-order valence-corrected chi connectivity index (χ4v) is 5.04. The summed E-state index contributed by atoms with van der Waals surface area (Å²) in [6, 6.07) is 13.0. The Morgan fingerprint density at radius 2 is 1.80 bits per heavy atom. The number of aromatic nitrogens is 2. The number of methoxy groups -OCH3 is 2. The van der Waals surface area contributed by atoms with Crippen molar-refractivity contribution in [1.29, 1.82) is 0 Å². The van der Waals surface area contributed by atoms with Crippen molar-refractivity contribution in [2.45, 2.75) is 12.5 Å². The summed E-state index contributed by atoms with van der Waals surface area (Å²) >= 11 is 6.12. The largest absolute Gasteiger partial charge is 0.493 e. The van der Waals surface area contributed by atoms with E-state index in [-0.39, 0.29) is 11.9 Å². The molecule has 0 radical (unpaired) electrons. The maximum absolute atomic E-state index is 13.6. The number of nitrogens with zero attached hydrogens (tertiary/aromatic N) is 3. The SMILES string of the molecule is COc1ccc(C2c3c(-c4ccc(Cl)cc4)n[nH]c3C(=O)N2CCCN2CCOCC2)cc1OC. The van der Waals surface area contributed by atoms with Crippen LogP contribution in [0.25, 0.3) is 11.3 Å². The van der Waals surface area contributed by atoms with E-state index in [1.807, 2.05) is 47.4 Å². The summed E-state index contributed by atoms with van der Waals surface area (Å²) in [5, 5.41) is 8.20. The fraction of sp³-hybridized carbons (Fsp3) is 0.385. The highest BCUT2D eigenvalue weighted by Crippen LogP contribution is 2.44. The third kappa shape index (κ3) is 4.61. The maximum atomic E-state index is 13.6. The van der Waals surface area contributed by atoms with Crippen molar-refractivity contribution >= 4 is 17.5 Å². The number of H-pyrrole nitrogens is 1. The minimum Gasteiger partial charge on any atom is -0.493 e. The van der Waals surface area contributed by atoms with Crippen molar-refractivity contribution in [3.63, 3.8) is 0 Å². The lowest BCUT2D eigenvalue weighted by atomic mass is 9.95. The highest BCUT2D eigenvalue weighted by molar-refractivity contribution is 6.30. The van der Waals surface area contributed by atoms with Gasteiger partial charge in [0, 0.05) is 42.3 Å². The molecule has 8 nitrogen and oxygen atoms in total. The lowest BCUT2D eigenvalue weighted by Crippen LogP contribution is -2.38. The van der Waals surface area contributed by atoms with Crippen LogP contribution in [0.1, 0.15) is 34.1 Å². The summed E-state index contributed by atoms with van der Waals surface area (Å²) in [5.74, 6) is 1.22. The lowest BCUT2D eigenvalue weighted by molar-refractivity contribution is 0.0354. The van der Waals surface area contributed by atoms with Gasteiger partial charge in [-0.25, -0.2) is 0 Å². The van der Waals surface area contributed by atoms with E-state index in [2.05, 4.69) is 15.1 Å². The number of fused-ring (bicyclic) bond motifs is 1. The number of carbonyl (C=O) groups is 1. The normalized spacial score (nSPS) is 18.1. The van der Waals surface area contributed by atoms with Gasteiger partial charge >= 0.3 is 0 Å². The Balaban J connectivity index is 1.51. The summed E-state index contributed by atoms with van der Waals surface area (Å²) in [6.07, 6.45) is 0.865. The van der Waals surface area contributed by atoms with E-state index in [9.17, 15) is 4.79 Å². The molecule has 0 spiro atoms. The molecule has 9 heteroatoms. The molecule has 1 unspecified atom stereocenters. The molecule has 2 aliphatic rings. The number of hydrogen-bond acceptors (Lipinski definition) is 6. The van der Waals surface area contributed by atoms with Crippen LogP contribution in [0.2, 0.25) is 5.02 Å². The standard InChI is InChI=1S/C26H29ClN4O4/c1-33-20-9-6-18(16-21(20)34-2)25-22-23(17-4-7-19(27)8-5-17)28-29-24(22)26(32)31(25)11-3-10-30-12-14-35-15-13-30/h4-9,16,25H,3,10-15H2,1-2H3,(H,28,29). The molecule has 2 aliphatic heterocycles. The molecule has 1 fully saturated rings. The molecule has 0 bridgehead atoms. The zero-order valence-corrected chi connectivity index (χ0v) is 20.7. The number of amides is 1. The van der Waals surface area contributed by atoms with Crippen molar-refractivity contribution in [3.05, 3.63) is 64.3 Å². The smallest absolute Gasteiger partial charge is 0.273 e. The molecule has 0 saturated carbocycles. The Morgan fingerprint density at radius 3 is 2.51 bits per heavy atom. The van der Waals surface area contributed by atoms with E-state index in [1.54, 1.807) is 14.2 Å². The lowest BCUT2D eigenvalue weighted by Gasteiger charge is -2.30. The van der Waals surface area contributed by atoms with Crippen LogP contribution in [-0.2, 0) is 4.74 Å². The van der Waals surface area contributed by atoms with E-state index in [4.69, 9.17) is 25.8 Å². The van der Waals surface area contributed by atoms with E-state index >= 15 is 0 Å². The average molecular weight is 497 g/mol. The first-order chi connectivity index (χ1) is 17.1. The van der Waals surface area contributed by atoms with Crippen LogP contribution >= 0.6 is 11.6 Å². The highest BCUT2D eigenvalue weighted by Gasteiger charge is 2.42. The molecule has 1 aromatic heterocycles. The zero-order valence-electron chi connectivity index (χ0n) is 19.9. The number of hydrogen-bond donors (Lipinski definition) is 1. The van der Waals surface area contributed by atoms with Crippen LogP contribution in [0.3, 0.4) is 0 Å². The maximum Gasteiger partial charge on any atom is 0.273 e. The zero-order chi connectivity index (χ0) is 24.4. The van der Waals surface area contributed by atoms with Gasteiger partial charge in [-0.3, -0.25) is 14.8 Å². The van der Waals surface area contributed by atoms with E-state index in [0.29, 0.717) is 28.8 Å². The highest BCUT2D eigenvalue weighted by atomic mass is 35.5. The molecule has 1 atom stereocenters. The van der Waals surface area contributed by atoms with Gasteiger partial charge in [-0.1, -0.05) is 29.8 Å². The van der Waals surface area contributed by atoms with Gasteiger partial charge in [-0.2, -0.15) is 5.10 Å². The molecule has 1 N–H and O–H groups in total. The topological polar surface area (TPSA) is 79.9 Å². The number of nitrogens with one attached hydrogen (secondary N) is 1. The van der Waals surface area contributed by atoms with Crippen molar-refractivity contribution in [2.75, 3.05) is 53.6 Å². The van der Waals surface area contributed by atoms with Crippen LogP contribution in [-0.4, -0.2) is 79.5 Å². The number of morpholine rings is 1. The van der Waals surface area contributed by atoms with Crippen molar-refractivity contribution in [2.24, 2.45) is 0 Å². The summed E-state index contributed by atoms with van der Waals surface area (Å²) < 4.78 is 16.5. The van der Waals surface area contributed by atoms with Gasteiger partial charge in [0.25, 0.3) is 5.91 Å². The Bertz CT molecular complexity index is 1190. The summed E-state index contributed by atoms with van der Waals surface area (Å²) in [6.45, 7) is 4.92. The predicted molar refractivity (Wildman–Crippen MR) is 133 cm³/mol. The van der Waals surface area contributed by atoms with Gasteiger partial charge < -0.3 is 19.1 Å². The molecule has 1 saturated heterocycles. The second-order valence-electron chi connectivity index (χ2n) is 8.69. The van der Waals surface area contributed by atoms with Gasteiger partial charge in [-0.15, -0.1) is 0 Å². The predicted octanol–water partition coefficient (Wildman–Crippen LogP) is 4.01. The van der Waals surface area contributed by atoms with E-state index < -0.39 is 0 Å². The number of carbonyl (C=O) groups excluding carboxylic acids is 1. The van der Waals surface area contributed by atoms with Crippen LogP contribution in [0.15, 0.2) is 42.5 Å². The van der Waals surface area contributed by atoms with Crippen molar-refractivity contribution in [3.8, 4) is 22.8 Å². The number of benzene rings is 2. The van der Waals surface area contributed by atoms with Crippen LogP contribution in [0, 0.1) is 0 Å². The molecular weight excluding hydrogens is 468 g/mol. The molecular formula is C26H29ClN4O4.